The summed E-state index contributed by atoms with van der Waals surface area (Å²) in [5.74, 6) is 0.381. The standard InChI is InChI=1S/C12H16O.C2H6.CH4O/c1-2-6-12(13)10-9-11-7-4-3-5-8-11;2*1-2/h3-5,7-8H,2,6,9-10H2,1H3;1-2H3;2H,1H3. The molecule has 0 aliphatic heterocycles. The smallest absolute Gasteiger partial charge is 0.133 e. The minimum absolute atomic E-state index is 0.381. The van der Waals surface area contributed by atoms with E-state index < -0.39 is 0 Å². The lowest BCUT2D eigenvalue weighted by Crippen LogP contribution is -1.98. The SMILES string of the molecule is CC.CCCC(=O)CCc1ccccc1.CO. The van der Waals surface area contributed by atoms with Gasteiger partial charge >= 0.3 is 0 Å². The summed E-state index contributed by atoms with van der Waals surface area (Å²) in [5.41, 5.74) is 1.26. The zero-order chi connectivity index (χ0) is 13.5. The Morgan fingerprint density at radius 2 is 1.59 bits per heavy atom. The molecule has 98 valence electrons. The lowest BCUT2D eigenvalue weighted by Gasteiger charge is -1.99. The molecule has 0 saturated heterocycles. The van der Waals surface area contributed by atoms with Crippen LogP contribution in [0.2, 0.25) is 0 Å². The molecule has 0 aliphatic rings. The molecule has 17 heavy (non-hydrogen) atoms. The van der Waals surface area contributed by atoms with E-state index in [2.05, 4.69) is 12.1 Å². The second-order valence-electron chi connectivity index (χ2n) is 3.27. The van der Waals surface area contributed by atoms with E-state index in [9.17, 15) is 4.79 Å². The maximum atomic E-state index is 11.2. The summed E-state index contributed by atoms with van der Waals surface area (Å²) < 4.78 is 0. The minimum Gasteiger partial charge on any atom is -0.400 e. The Kier molecular flexibility index (Phi) is 15.9. The van der Waals surface area contributed by atoms with E-state index in [4.69, 9.17) is 5.11 Å². The zero-order valence-corrected chi connectivity index (χ0v) is 11.6. The minimum atomic E-state index is 0.381. The van der Waals surface area contributed by atoms with Crippen molar-refractivity contribution in [1.29, 1.82) is 0 Å². The van der Waals surface area contributed by atoms with Gasteiger partial charge in [0.25, 0.3) is 0 Å². The monoisotopic (exact) mass is 238 g/mol. The van der Waals surface area contributed by atoms with E-state index in [0.29, 0.717) is 12.2 Å². The number of carbonyl (C=O) groups is 1. The van der Waals surface area contributed by atoms with Gasteiger partial charge in [-0.25, -0.2) is 0 Å². The summed E-state index contributed by atoms with van der Waals surface area (Å²) in [7, 11) is 1.00. The number of aliphatic hydroxyl groups is 1. The van der Waals surface area contributed by atoms with E-state index in [1.165, 1.54) is 5.56 Å². The van der Waals surface area contributed by atoms with E-state index in [0.717, 1.165) is 26.4 Å². The highest BCUT2D eigenvalue weighted by Gasteiger charge is 2.00. The van der Waals surface area contributed by atoms with Crippen LogP contribution in [-0.4, -0.2) is 18.0 Å². The fraction of sp³-hybridized carbons (Fsp3) is 0.533. The number of benzene rings is 1. The van der Waals surface area contributed by atoms with Gasteiger partial charge in [-0.05, 0) is 18.4 Å². The van der Waals surface area contributed by atoms with Crippen LogP contribution in [0.4, 0.5) is 0 Å². The lowest BCUT2D eigenvalue weighted by atomic mass is 10.1. The number of aryl methyl sites for hydroxylation is 1. The summed E-state index contributed by atoms with van der Waals surface area (Å²) in [6.07, 6.45) is 3.28. The second kappa shape index (κ2) is 14.8. The molecule has 1 rings (SSSR count). The third-order valence-electron chi connectivity index (χ3n) is 2.06. The van der Waals surface area contributed by atoms with Gasteiger partial charge in [0.2, 0.25) is 0 Å². The molecule has 0 amide bonds. The quantitative estimate of drug-likeness (QED) is 0.850. The zero-order valence-electron chi connectivity index (χ0n) is 11.6. The lowest BCUT2D eigenvalue weighted by molar-refractivity contribution is -0.119. The fourth-order valence-corrected chi connectivity index (χ4v) is 1.33. The normalized spacial score (nSPS) is 8.29. The van der Waals surface area contributed by atoms with Crippen molar-refractivity contribution in [1.82, 2.24) is 0 Å². The van der Waals surface area contributed by atoms with Crippen LogP contribution in [-0.2, 0) is 11.2 Å². The van der Waals surface area contributed by atoms with Gasteiger partial charge in [-0.3, -0.25) is 4.79 Å². The van der Waals surface area contributed by atoms with Crippen LogP contribution < -0.4 is 0 Å². The molecule has 2 nitrogen and oxygen atoms in total. The number of aliphatic hydroxyl groups excluding tert-OH is 1. The summed E-state index contributed by atoms with van der Waals surface area (Å²) in [5, 5.41) is 7.00. The van der Waals surface area contributed by atoms with Crippen molar-refractivity contribution in [3.8, 4) is 0 Å². The number of hydrogen-bond acceptors (Lipinski definition) is 2. The van der Waals surface area contributed by atoms with Gasteiger partial charge in [0.05, 0.1) is 0 Å². The Morgan fingerprint density at radius 3 is 2.06 bits per heavy atom. The Balaban J connectivity index is 0. The number of Topliss-reactive ketones (excluding diaryl/α,β-unsaturated/α-hetero) is 1. The van der Waals surface area contributed by atoms with Crippen molar-refractivity contribution in [2.45, 2.75) is 46.5 Å². The number of carbonyl (C=O) groups excluding carboxylic acids is 1. The van der Waals surface area contributed by atoms with Crippen LogP contribution in [0.5, 0.6) is 0 Å². The predicted octanol–water partition coefficient (Wildman–Crippen LogP) is 3.62. The molecular formula is C15H26O2. The first kappa shape index (κ1) is 18.2. The molecule has 1 N–H and O–H groups in total. The first-order chi connectivity index (χ1) is 8.33. The molecule has 0 fully saturated rings. The summed E-state index contributed by atoms with van der Waals surface area (Å²) in [4.78, 5) is 11.2. The fourth-order valence-electron chi connectivity index (χ4n) is 1.33. The Bertz CT molecular complexity index is 255. The number of hydrogen-bond donors (Lipinski definition) is 1. The largest absolute Gasteiger partial charge is 0.400 e. The summed E-state index contributed by atoms with van der Waals surface area (Å²) in [6, 6.07) is 10.2. The van der Waals surface area contributed by atoms with Crippen molar-refractivity contribution in [3.63, 3.8) is 0 Å². The van der Waals surface area contributed by atoms with Crippen LogP contribution >= 0.6 is 0 Å². The molecule has 0 bridgehead atoms. The van der Waals surface area contributed by atoms with Gasteiger partial charge in [0.15, 0.2) is 0 Å². The van der Waals surface area contributed by atoms with E-state index in [1.807, 2.05) is 39.0 Å². The molecule has 0 saturated carbocycles. The first-order valence-electron chi connectivity index (χ1n) is 6.33. The highest BCUT2D eigenvalue weighted by atomic mass is 16.2. The second-order valence-corrected chi connectivity index (χ2v) is 3.27. The molecule has 2 heteroatoms. The van der Waals surface area contributed by atoms with Gasteiger partial charge < -0.3 is 5.11 Å². The van der Waals surface area contributed by atoms with Crippen LogP contribution in [0, 0.1) is 0 Å². The van der Waals surface area contributed by atoms with Crippen LogP contribution in [0.25, 0.3) is 0 Å². The van der Waals surface area contributed by atoms with Crippen molar-refractivity contribution < 1.29 is 9.90 Å². The van der Waals surface area contributed by atoms with E-state index >= 15 is 0 Å². The van der Waals surface area contributed by atoms with Gasteiger partial charge in [-0.2, -0.15) is 0 Å². The van der Waals surface area contributed by atoms with Crippen LogP contribution in [0.15, 0.2) is 30.3 Å². The molecule has 0 aromatic heterocycles. The Morgan fingerprint density at radius 1 is 1.06 bits per heavy atom. The number of ketones is 1. The molecule has 0 unspecified atom stereocenters. The van der Waals surface area contributed by atoms with Crippen LogP contribution in [0.1, 0.15) is 45.6 Å². The highest BCUT2D eigenvalue weighted by Crippen LogP contribution is 2.04. The molecule has 0 radical (unpaired) electrons. The third-order valence-corrected chi connectivity index (χ3v) is 2.06. The van der Waals surface area contributed by atoms with E-state index in [-0.39, 0.29) is 0 Å². The Hall–Kier alpha value is -1.15. The average Bonchev–Trinajstić information content (AvgIpc) is 2.43. The molecule has 1 aromatic carbocycles. The van der Waals surface area contributed by atoms with Gasteiger partial charge in [0.1, 0.15) is 5.78 Å². The topological polar surface area (TPSA) is 37.3 Å². The maximum Gasteiger partial charge on any atom is 0.133 e. The van der Waals surface area contributed by atoms with E-state index in [1.54, 1.807) is 0 Å². The number of rotatable bonds is 5. The third kappa shape index (κ3) is 11.1. The van der Waals surface area contributed by atoms with Gasteiger partial charge in [0, 0.05) is 20.0 Å². The van der Waals surface area contributed by atoms with Crippen molar-refractivity contribution in [3.05, 3.63) is 35.9 Å². The average molecular weight is 238 g/mol. The van der Waals surface area contributed by atoms with Crippen molar-refractivity contribution in [2.75, 3.05) is 7.11 Å². The van der Waals surface area contributed by atoms with Gasteiger partial charge in [-0.15, -0.1) is 0 Å². The van der Waals surface area contributed by atoms with Crippen LogP contribution in [0.3, 0.4) is 0 Å². The molecule has 1 aromatic rings. The molecule has 0 spiro atoms. The van der Waals surface area contributed by atoms with Crippen molar-refractivity contribution in [2.24, 2.45) is 0 Å². The summed E-state index contributed by atoms with van der Waals surface area (Å²) in [6.45, 7) is 6.04. The first-order valence-corrected chi connectivity index (χ1v) is 6.33. The Labute approximate surface area is 106 Å². The molecule has 0 heterocycles. The molecule has 0 aliphatic carbocycles. The maximum absolute atomic E-state index is 11.2. The summed E-state index contributed by atoms with van der Waals surface area (Å²) >= 11 is 0. The van der Waals surface area contributed by atoms with Crippen molar-refractivity contribution >= 4 is 5.78 Å². The van der Waals surface area contributed by atoms with Gasteiger partial charge in [-0.1, -0.05) is 51.1 Å². The molecule has 0 atom stereocenters. The predicted molar refractivity (Wildman–Crippen MR) is 74.2 cm³/mol. The molecular weight excluding hydrogens is 212 g/mol. The highest BCUT2D eigenvalue weighted by molar-refractivity contribution is 5.78.